The Bertz CT molecular complexity index is 238. The number of nitriles is 1. The number of ether oxygens (including phenoxy) is 1. The molecule has 3 heteroatoms. The van der Waals surface area contributed by atoms with E-state index in [2.05, 4.69) is 13.0 Å². The Kier molecular flexibility index (Phi) is 3.35. The second-order valence-electron chi connectivity index (χ2n) is 4.24. The lowest BCUT2D eigenvalue weighted by Crippen LogP contribution is -2.19. The van der Waals surface area contributed by atoms with E-state index in [0.29, 0.717) is 22.5 Å². The van der Waals surface area contributed by atoms with Crippen molar-refractivity contribution >= 4 is 11.8 Å². The first-order valence-electron chi connectivity index (χ1n) is 5.48. The van der Waals surface area contributed by atoms with E-state index in [1.54, 1.807) is 0 Å². The van der Waals surface area contributed by atoms with Crippen molar-refractivity contribution in [1.29, 1.82) is 5.26 Å². The van der Waals surface area contributed by atoms with E-state index in [9.17, 15) is 0 Å². The van der Waals surface area contributed by atoms with Crippen LogP contribution in [-0.2, 0) is 4.74 Å². The van der Waals surface area contributed by atoms with Gasteiger partial charge in [0.1, 0.15) is 0 Å². The first kappa shape index (κ1) is 10.3. The topological polar surface area (TPSA) is 33.0 Å². The smallest absolute Gasteiger partial charge is 0.0667 e. The number of thioether (sulfide) groups is 1. The molecule has 1 saturated heterocycles. The molecule has 78 valence electrons. The van der Waals surface area contributed by atoms with Crippen LogP contribution in [0.15, 0.2) is 0 Å². The summed E-state index contributed by atoms with van der Waals surface area (Å²) in [5.74, 6) is 0.299. The predicted molar refractivity (Wildman–Crippen MR) is 58.2 cm³/mol. The summed E-state index contributed by atoms with van der Waals surface area (Å²) in [4.78, 5) is 0. The minimum atomic E-state index is 0.299. The molecule has 0 bridgehead atoms. The maximum absolute atomic E-state index is 8.98. The van der Waals surface area contributed by atoms with Gasteiger partial charge in [-0.1, -0.05) is 6.42 Å². The van der Waals surface area contributed by atoms with Crippen LogP contribution in [0.1, 0.15) is 32.6 Å². The van der Waals surface area contributed by atoms with Crippen LogP contribution in [0.3, 0.4) is 0 Å². The van der Waals surface area contributed by atoms with Crippen molar-refractivity contribution < 1.29 is 4.74 Å². The van der Waals surface area contributed by atoms with Crippen LogP contribution in [-0.4, -0.2) is 23.2 Å². The van der Waals surface area contributed by atoms with Gasteiger partial charge >= 0.3 is 0 Å². The Morgan fingerprint density at radius 1 is 1.29 bits per heavy atom. The van der Waals surface area contributed by atoms with Gasteiger partial charge in [0.05, 0.1) is 18.1 Å². The van der Waals surface area contributed by atoms with Crippen molar-refractivity contribution in [3.05, 3.63) is 0 Å². The van der Waals surface area contributed by atoms with E-state index >= 15 is 0 Å². The summed E-state index contributed by atoms with van der Waals surface area (Å²) < 4.78 is 5.54. The number of rotatable bonds is 2. The SMILES string of the molecule is CC1OCCC1SC1CCCC1C#N. The zero-order valence-electron chi connectivity index (χ0n) is 8.61. The van der Waals surface area contributed by atoms with Crippen molar-refractivity contribution in [3.8, 4) is 6.07 Å². The first-order valence-corrected chi connectivity index (χ1v) is 6.42. The molecule has 1 heterocycles. The Morgan fingerprint density at radius 2 is 2.14 bits per heavy atom. The van der Waals surface area contributed by atoms with Crippen molar-refractivity contribution in [2.45, 2.75) is 49.2 Å². The Hall–Kier alpha value is -0.200. The second-order valence-corrected chi connectivity index (χ2v) is 5.73. The zero-order valence-corrected chi connectivity index (χ0v) is 9.43. The first-order chi connectivity index (χ1) is 6.81. The highest BCUT2D eigenvalue weighted by atomic mass is 32.2. The van der Waals surface area contributed by atoms with Gasteiger partial charge in [-0.3, -0.25) is 0 Å². The van der Waals surface area contributed by atoms with Crippen LogP contribution >= 0.6 is 11.8 Å². The molecule has 14 heavy (non-hydrogen) atoms. The van der Waals surface area contributed by atoms with E-state index in [1.807, 2.05) is 11.8 Å². The van der Waals surface area contributed by atoms with Crippen molar-refractivity contribution in [2.24, 2.45) is 5.92 Å². The Balaban J connectivity index is 1.87. The van der Waals surface area contributed by atoms with Gasteiger partial charge in [-0.2, -0.15) is 17.0 Å². The summed E-state index contributed by atoms with van der Waals surface area (Å²) in [6.07, 6.45) is 5.13. The fourth-order valence-electron chi connectivity index (χ4n) is 2.35. The molecule has 0 aromatic heterocycles. The molecular formula is C11H17NOS. The lowest BCUT2D eigenvalue weighted by molar-refractivity contribution is 0.127. The Morgan fingerprint density at radius 3 is 2.79 bits per heavy atom. The van der Waals surface area contributed by atoms with Crippen molar-refractivity contribution in [2.75, 3.05) is 6.61 Å². The van der Waals surface area contributed by atoms with E-state index in [1.165, 1.54) is 19.3 Å². The standard InChI is InChI=1S/C11H17NOS/c1-8-10(5-6-13-8)14-11-4-2-3-9(11)7-12/h8-11H,2-6H2,1H3. The third-order valence-electron chi connectivity index (χ3n) is 3.27. The van der Waals surface area contributed by atoms with Gasteiger partial charge in [0.15, 0.2) is 0 Å². The van der Waals surface area contributed by atoms with E-state index in [4.69, 9.17) is 10.00 Å². The molecule has 4 atom stereocenters. The van der Waals surface area contributed by atoms with Crippen LogP contribution in [0.4, 0.5) is 0 Å². The predicted octanol–water partition coefficient (Wildman–Crippen LogP) is 2.59. The van der Waals surface area contributed by atoms with E-state index in [-0.39, 0.29) is 0 Å². The normalized spacial score (nSPS) is 42.6. The molecule has 2 aliphatic rings. The number of hydrogen-bond donors (Lipinski definition) is 0. The van der Waals surface area contributed by atoms with Crippen LogP contribution < -0.4 is 0 Å². The van der Waals surface area contributed by atoms with Gasteiger partial charge in [0.25, 0.3) is 0 Å². The lowest BCUT2D eigenvalue weighted by Gasteiger charge is -2.20. The van der Waals surface area contributed by atoms with Crippen LogP contribution in [0.2, 0.25) is 0 Å². The molecule has 1 aliphatic heterocycles. The average molecular weight is 211 g/mol. The molecule has 2 fully saturated rings. The quantitative estimate of drug-likeness (QED) is 0.704. The summed E-state index contributed by atoms with van der Waals surface area (Å²) in [7, 11) is 0. The highest BCUT2D eigenvalue weighted by molar-refractivity contribution is 8.00. The molecule has 0 amide bonds. The molecule has 0 radical (unpaired) electrons. The Labute approximate surface area is 90.0 Å². The summed E-state index contributed by atoms with van der Waals surface area (Å²) in [6, 6.07) is 2.44. The van der Waals surface area contributed by atoms with Crippen LogP contribution in [0.25, 0.3) is 0 Å². The largest absolute Gasteiger partial charge is 0.377 e. The summed E-state index contributed by atoms with van der Waals surface area (Å²) in [6.45, 7) is 3.06. The molecular weight excluding hydrogens is 194 g/mol. The van der Waals surface area contributed by atoms with E-state index in [0.717, 1.165) is 13.0 Å². The third kappa shape index (κ3) is 2.07. The van der Waals surface area contributed by atoms with Gasteiger partial charge in [-0.05, 0) is 26.2 Å². The van der Waals surface area contributed by atoms with Crippen LogP contribution in [0.5, 0.6) is 0 Å². The fourth-order valence-corrected chi connectivity index (χ4v) is 4.02. The minimum absolute atomic E-state index is 0.299. The molecule has 0 aromatic carbocycles. The van der Waals surface area contributed by atoms with Crippen molar-refractivity contribution in [3.63, 3.8) is 0 Å². The van der Waals surface area contributed by atoms with Gasteiger partial charge in [-0.25, -0.2) is 0 Å². The monoisotopic (exact) mass is 211 g/mol. The molecule has 1 aliphatic carbocycles. The zero-order chi connectivity index (χ0) is 9.97. The average Bonchev–Trinajstić information content (AvgIpc) is 2.77. The molecule has 4 unspecified atom stereocenters. The maximum atomic E-state index is 8.98. The maximum Gasteiger partial charge on any atom is 0.0667 e. The summed E-state index contributed by atoms with van der Waals surface area (Å²) >= 11 is 2.01. The molecule has 0 N–H and O–H groups in total. The molecule has 0 aromatic rings. The third-order valence-corrected chi connectivity index (χ3v) is 5.16. The number of nitrogens with zero attached hydrogens (tertiary/aromatic N) is 1. The summed E-state index contributed by atoms with van der Waals surface area (Å²) in [5.41, 5.74) is 0. The molecule has 2 rings (SSSR count). The number of hydrogen-bond acceptors (Lipinski definition) is 3. The summed E-state index contributed by atoms with van der Waals surface area (Å²) in [5, 5.41) is 10.2. The van der Waals surface area contributed by atoms with Crippen LogP contribution in [0, 0.1) is 17.2 Å². The lowest BCUT2D eigenvalue weighted by atomic mass is 10.1. The highest BCUT2D eigenvalue weighted by Gasteiger charge is 2.33. The van der Waals surface area contributed by atoms with Gasteiger partial charge < -0.3 is 4.74 Å². The molecule has 1 saturated carbocycles. The highest BCUT2D eigenvalue weighted by Crippen LogP contribution is 2.40. The fraction of sp³-hybridized carbons (Fsp3) is 0.909. The van der Waals surface area contributed by atoms with Gasteiger partial charge in [0, 0.05) is 17.1 Å². The van der Waals surface area contributed by atoms with Gasteiger partial charge in [-0.15, -0.1) is 0 Å². The second kappa shape index (κ2) is 4.55. The molecule has 2 nitrogen and oxygen atoms in total. The van der Waals surface area contributed by atoms with Crippen molar-refractivity contribution in [1.82, 2.24) is 0 Å². The minimum Gasteiger partial charge on any atom is -0.377 e. The molecule has 0 spiro atoms. The van der Waals surface area contributed by atoms with Gasteiger partial charge in [0.2, 0.25) is 0 Å². The van der Waals surface area contributed by atoms with E-state index < -0.39 is 0 Å².